The summed E-state index contributed by atoms with van der Waals surface area (Å²) in [6.45, 7) is 3.14. The van der Waals surface area contributed by atoms with E-state index in [2.05, 4.69) is 31.4 Å². The molecule has 0 saturated carbocycles. The highest BCUT2D eigenvalue weighted by Crippen LogP contribution is 2.25. The summed E-state index contributed by atoms with van der Waals surface area (Å²) in [5.41, 5.74) is 2.37. The molecule has 0 fully saturated rings. The molecule has 2 rings (SSSR count). The SMILES string of the molecule is CCc1oc2ccccc2c1C[NH2+]C. The molecule has 0 aliphatic carbocycles. The number of hydrogen-bond donors (Lipinski definition) is 1. The van der Waals surface area contributed by atoms with Crippen LogP contribution in [0.4, 0.5) is 0 Å². The molecule has 2 aromatic rings. The molecule has 0 aliphatic rings. The number of quaternary nitrogens is 1. The molecule has 2 nitrogen and oxygen atoms in total. The van der Waals surface area contributed by atoms with E-state index in [1.807, 2.05) is 12.1 Å². The predicted octanol–water partition coefficient (Wildman–Crippen LogP) is 1.69. The van der Waals surface area contributed by atoms with E-state index in [1.165, 1.54) is 10.9 Å². The van der Waals surface area contributed by atoms with E-state index in [9.17, 15) is 0 Å². The van der Waals surface area contributed by atoms with Crippen molar-refractivity contribution in [2.75, 3.05) is 7.05 Å². The van der Waals surface area contributed by atoms with Gasteiger partial charge < -0.3 is 9.73 Å². The van der Waals surface area contributed by atoms with E-state index < -0.39 is 0 Å². The third-order valence-electron chi connectivity index (χ3n) is 2.51. The van der Waals surface area contributed by atoms with Crippen LogP contribution in [0.25, 0.3) is 11.0 Å². The Labute approximate surface area is 83.9 Å². The fourth-order valence-electron chi connectivity index (χ4n) is 1.86. The number of hydrogen-bond acceptors (Lipinski definition) is 1. The number of aryl methyl sites for hydroxylation is 1. The fourth-order valence-corrected chi connectivity index (χ4v) is 1.86. The Balaban J connectivity index is 2.61. The van der Waals surface area contributed by atoms with Crippen LogP contribution in [-0.4, -0.2) is 7.05 Å². The quantitative estimate of drug-likeness (QED) is 0.784. The maximum Gasteiger partial charge on any atom is 0.134 e. The fraction of sp³-hybridized carbons (Fsp3) is 0.333. The standard InChI is InChI=1S/C12H15NO/c1-3-11-10(8-13-2)9-6-4-5-7-12(9)14-11/h4-7,13H,3,8H2,1-2H3/p+1. The molecular formula is C12H16NO+. The topological polar surface area (TPSA) is 29.8 Å². The number of furan rings is 1. The van der Waals surface area contributed by atoms with Gasteiger partial charge in [0.15, 0.2) is 0 Å². The van der Waals surface area contributed by atoms with E-state index in [0.29, 0.717) is 0 Å². The van der Waals surface area contributed by atoms with E-state index in [-0.39, 0.29) is 0 Å². The third kappa shape index (κ3) is 1.42. The van der Waals surface area contributed by atoms with Crippen LogP contribution >= 0.6 is 0 Å². The van der Waals surface area contributed by atoms with Crippen molar-refractivity contribution in [3.05, 3.63) is 35.6 Å². The Morgan fingerprint density at radius 1 is 1.29 bits per heavy atom. The largest absolute Gasteiger partial charge is 0.461 e. The lowest BCUT2D eigenvalue weighted by molar-refractivity contribution is -0.643. The van der Waals surface area contributed by atoms with Gasteiger partial charge in [-0.1, -0.05) is 25.1 Å². The van der Waals surface area contributed by atoms with Crippen molar-refractivity contribution in [3.63, 3.8) is 0 Å². The molecule has 2 N–H and O–H groups in total. The van der Waals surface area contributed by atoms with Crippen LogP contribution in [0, 0.1) is 0 Å². The lowest BCUT2D eigenvalue weighted by Gasteiger charge is -1.96. The monoisotopic (exact) mass is 190 g/mol. The Morgan fingerprint density at radius 2 is 2.07 bits per heavy atom. The molecule has 0 saturated heterocycles. The maximum absolute atomic E-state index is 5.78. The van der Waals surface area contributed by atoms with Gasteiger partial charge in [0, 0.05) is 11.8 Å². The van der Waals surface area contributed by atoms with Crippen molar-refractivity contribution in [3.8, 4) is 0 Å². The van der Waals surface area contributed by atoms with Crippen LogP contribution in [-0.2, 0) is 13.0 Å². The van der Waals surface area contributed by atoms with Crippen LogP contribution in [0.15, 0.2) is 28.7 Å². The molecule has 1 heterocycles. The zero-order valence-corrected chi connectivity index (χ0v) is 8.71. The normalized spacial score (nSPS) is 11.0. The second-order valence-electron chi connectivity index (χ2n) is 3.47. The van der Waals surface area contributed by atoms with Gasteiger partial charge in [0.2, 0.25) is 0 Å². The Hall–Kier alpha value is -1.28. The molecule has 0 bridgehead atoms. The van der Waals surface area contributed by atoms with E-state index >= 15 is 0 Å². The zero-order chi connectivity index (χ0) is 9.97. The van der Waals surface area contributed by atoms with Gasteiger partial charge in [0.05, 0.1) is 12.6 Å². The molecule has 1 aromatic carbocycles. The average molecular weight is 190 g/mol. The van der Waals surface area contributed by atoms with Crippen LogP contribution in [0.2, 0.25) is 0 Å². The summed E-state index contributed by atoms with van der Waals surface area (Å²) in [5.74, 6) is 1.13. The Bertz CT molecular complexity index is 431. The Kier molecular flexibility index (Phi) is 2.55. The summed E-state index contributed by atoms with van der Waals surface area (Å²) in [7, 11) is 2.08. The molecule has 0 atom stereocenters. The minimum absolute atomic E-state index is 0.970. The summed E-state index contributed by atoms with van der Waals surface area (Å²) in [6.07, 6.45) is 0.970. The van der Waals surface area contributed by atoms with E-state index in [4.69, 9.17) is 4.42 Å². The van der Waals surface area contributed by atoms with Crippen LogP contribution in [0.5, 0.6) is 0 Å². The van der Waals surface area contributed by atoms with Crippen LogP contribution in [0.3, 0.4) is 0 Å². The third-order valence-corrected chi connectivity index (χ3v) is 2.51. The minimum atomic E-state index is 0.970. The lowest BCUT2D eigenvalue weighted by atomic mass is 10.1. The van der Waals surface area contributed by atoms with Gasteiger partial charge in [-0.2, -0.15) is 0 Å². The molecule has 1 aromatic heterocycles. The minimum Gasteiger partial charge on any atom is -0.461 e. The second-order valence-corrected chi connectivity index (χ2v) is 3.47. The molecule has 0 radical (unpaired) electrons. The first-order valence-electron chi connectivity index (χ1n) is 5.14. The lowest BCUT2D eigenvalue weighted by Crippen LogP contribution is -2.77. The Morgan fingerprint density at radius 3 is 2.79 bits per heavy atom. The van der Waals surface area contributed by atoms with Gasteiger partial charge in [-0.15, -0.1) is 0 Å². The van der Waals surface area contributed by atoms with Gasteiger partial charge in [0.1, 0.15) is 17.9 Å². The van der Waals surface area contributed by atoms with E-state index in [0.717, 1.165) is 24.3 Å². The molecule has 2 heteroatoms. The number of nitrogens with two attached hydrogens (primary N) is 1. The van der Waals surface area contributed by atoms with Gasteiger partial charge in [-0.25, -0.2) is 0 Å². The zero-order valence-electron chi connectivity index (χ0n) is 8.71. The van der Waals surface area contributed by atoms with Crippen molar-refractivity contribution >= 4 is 11.0 Å². The first-order chi connectivity index (χ1) is 6.86. The number of benzene rings is 1. The van der Waals surface area contributed by atoms with E-state index in [1.54, 1.807) is 0 Å². The first-order valence-corrected chi connectivity index (χ1v) is 5.14. The molecule has 0 spiro atoms. The van der Waals surface area contributed by atoms with Crippen molar-refractivity contribution in [2.45, 2.75) is 19.9 Å². The average Bonchev–Trinajstić information content (AvgIpc) is 2.58. The van der Waals surface area contributed by atoms with Gasteiger partial charge in [-0.3, -0.25) is 0 Å². The van der Waals surface area contributed by atoms with Crippen LogP contribution < -0.4 is 5.32 Å². The highest BCUT2D eigenvalue weighted by atomic mass is 16.3. The van der Waals surface area contributed by atoms with Gasteiger partial charge in [-0.05, 0) is 6.07 Å². The van der Waals surface area contributed by atoms with Crippen LogP contribution in [0.1, 0.15) is 18.2 Å². The summed E-state index contributed by atoms with van der Waals surface area (Å²) in [4.78, 5) is 0. The van der Waals surface area contributed by atoms with Crippen molar-refractivity contribution < 1.29 is 9.73 Å². The summed E-state index contributed by atoms with van der Waals surface area (Å²) in [6, 6.07) is 8.26. The first kappa shape index (κ1) is 9.28. The molecule has 0 unspecified atom stereocenters. The summed E-state index contributed by atoms with van der Waals surface area (Å²) < 4.78 is 5.78. The smallest absolute Gasteiger partial charge is 0.134 e. The summed E-state index contributed by atoms with van der Waals surface area (Å²) in [5, 5.41) is 3.44. The highest BCUT2D eigenvalue weighted by Gasteiger charge is 2.12. The number of rotatable bonds is 3. The molecule has 0 aliphatic heterocycles. The van der Waals surface area contributed by atoms with Crippen molar-refractivity contribution in [1.29, 1.82) is 0 Å². The predicted molar refractivity (Wildman–Crippen MR) is 57.1 cm³/mol. The summed E-state index contributed by atoms with van der Waals surface area (Å²) >= 11 is 0. The number of fused-ring (bicyclic) bond motifs is 1. The van der Waals surface area contributed by atoms with Gasteiger partial charge in [0.25, 0.3) is 0 Å². The van der Waals surface area contributed by atoms with Crippen molar-refractivity contribution in [2.24, 2.45) is 0 Å². The molecule has 0 amide bonds. The second kappa shape index (κ2) is 3.84. The highest BCUT2D eigenvalue weighted by molar-refractivity contribution is 5.82. The molecule has 74 valence electrons. The maximum atomic E-state index is 5.78. The molecular weight excluding hydrogens is 174 g/mol. The number of para-hydroxylation sites is 1. The molecule has 14 heavy (non-hydrogen) atoms. The van der Waals surface area contributed by atoms with Gasteiger partial charge >= 0.3 is 0 Å². The van der Waals surface area contributed by atoms with Crippen molar-refractivity contribution in [1.82, 2.24) is 0 Å².